The van der Waals surface area contributed by atoms with Crippen LogP contribution in [0.1, 0.15) is 11.1 Å². The minimum atomic E-state index is -2.95. The lowest BCUT2D eigenvalue weighted by Gasteiger charge is -2.20. The van der Waals surface area contributed by atoms with Gasteiger partial charge in [0.25, 0.3) is 0 Å². The van der Waals surface area contributed by atoms with E-state index in [0.29, 0.717) is 0 Å². The van der Waals surface area contributed by atoms with E-state index in [9.17, 15) is 9.67 Å². The molecule has 0 fully saturated rings. The summed E-state index contributed by atoms with van der Waals surface area (Å²) in [6.45, 7) is 4.03. The van der Waals surface area contributed by atoms with E-state index >= 15 is 0 Å². The maximum Gasteiger partial charge on any atom is 0.171 e. The molecule has 3 heteroatoms. The molecule has 0 spiro atoms. The Bertz CT molecular complexity index is 730. The summed E-state index contributed by atoms with van der Waals surface area (Å²) in [5, 5.41) is 11.9. The van der Waals surface area contributed by atoms with E-state index in [1.165, 1.54) is 0 Å². The van der Waals surface area contributed by atoms with Crippen molar-refractivity contribution in [2.24, 2.45) is 0 Å². The lowest BCUT2D eigenvalue weighted by Crippen LogP contribution is -2.25. The molecule has 0 heterocycles. The molecule has 0 saturated heterocycles. The van der Waals surface area contributed by atoms with Gasteiger partial charge in [0.05, 0.1) is 0 Å². The van der Waals surface area contributed by atoms with E-state index in [-0.39, 0.29) is 5.75 Å². The number of phenolic OH excluding ortho intramolecular Hbond substituents is 1. The normalized spacial score (nSPS) is 11.4. The average molecular weight is 322 g/mol. The molecule has 0 unspecified atom stereocenters. The second-order valence-electron chi connectivity index (χ2n) is 5.80. The third-order valence-electron chi connectivity index (χ3n) is 4.01. The van der Waals surface area contributed by atoms with Crippen LogP contribution in [0.3, 0.4) is 0 Å². The Hall–Kier alpha value is -2.31. The van der Waals surface area contributed by atoms with Gasteiger partial charge in [-0.3, -0.25) is 0 Å². The summed E-state index contributed by atoms with van der Waals surface area (Å²) < 4.78 is 14.1. The van der Waals surface area contributed by atoms with E-state index in [4.69, 9.17) is 0 Å². The first-order valence-corrected chi connectivity index (χ1v) is 9.25. The van der Waals surface area contributed by atoms with Gasteiger partial charge in [-0.25, -0.2) is 0 Å². The van der Waals surface area contributed by atoms with Gasteiger partial charge in [-0.05, 0) is 38.1 Å². The Morgan fingerprint density at radius 1 is 0.609 bits per heavy atom. The topological polar surface area (TPSA) is 37.3 Å². The highest BCUT2D eigenvalue weighted by molar-refractivity contribution is 7.85. The highest BCUT2D eigenvalue weighted by Crippen LogP contribution is 2.42. The van der Waals surface area contributed by atoms with Crippen molar-refractivity contribution in [1.82, 2.24) is 0 Å². The van der Waals surface area contributed by atoms with Crippen LogP contribution in [-0.4, -0.2) is 5.11 Å². The number of aromatic hydroxyl groups is 1. The van der Waals surface area contributed by atoms with E-state index in [1.807, 2.05) is 62.4 Å². The zero-order valence-corrected chi connectivity index (χ0v) is 14.1. The first-order chi connectivity index (χ1) is 11.0. The quantitative estimate of drug-likeness (QED) is 0.748. The number of hydrogen-bond donors (Lipinski definition) is 1. The van der Waals surface area contributed by atoms with Crippen molar-refractivity contribution >= 4 is 23.1 Å². The molecule has 0 amide bonds. The van der Waals surface area contributed by atoms with Crippen LogP contribution < -0.4 is 15.9 Å². The van der Waals surface area contributed by atoms with Crippen molar-refractivity contribution < 1.29 is 9.67 Å². The molecular formula is C20H19O2P. The van der Waals surface area contributed by atoms with Gasteiger partial charge in [-0.15, -0.1) is 0 Å². The summed E-state index contributed by atoms with van der Waals surface area (Å²) in [6, 6.07) is 22.3. The fourth-order valence-electron chi connectivity index (χ4n) is 2.62. The predicted molar refractivity (Wildman–Crippen MR) is 97.0 cm³/mol. The third kappa shape index (κ3) is 2.95. The summed E-state index contributed by atoms with van der Waals surface area (Å²) >= 11 is 0. The standard InChI is InChI=1S/C20H19O2P/c1-15-3-9-18(10-4-15)23(22,19-11-5-16(2)6-12-19)20-13-7-17(21)8-14-20/h3-14,21H,1-2H3. The summed E-state index contributed by atoms with van der Waals surface area (Å²) in [7, 11) is -2.95. The minimum absolute atomic E-state index is 0.174. The van der Waals surface area contributed by atoms with Gasteiger partial charge in [0, 0.05) is 15.9 Å². The number of hydrogen-bond acceptors (Lipinski definition) is 2. The number of benzene rings is 3. The summed E-state index contributed by atoms with van der Waals surface area (Å²) in [4.78, 5) is 0. The SMILES string of the molecule is Cc1ccc(P(=O)(c2ccc(C)cc2)c2ccc(O)cc2)cc1. The van der Waals surface area contributed by atoms with Crippen molar-refractivity contribution in [3.05, 3.63) is 83.9 Å². The number of rotatable bonds is 3. The van der Waals surface area contributed by atoms with Crippen molar-refractivity contribution in [3.63, 3.8) is 0 Å². The molecule has 0 radical (unpaired) electrons. The maximum absolute atomic E-state index is 14.1. The van der Waals surface area contributed by atoms with Crippen molar-refractivity contribution in [1.29, 1.82) is 0 Å². The van der Waals surface area contributed by atoms with Crippen LogP contribution in [0.25, 0.3) is 0 Å². The molecule has 3 aromatic rings. The Balaban J connectivity index is 2.24. The average Bonchev–Trinajstić information content (AvgIpc) is 2.56. The monoisotopic (exact) mass is 322 g/mol. The van der Waals surface area contributed by atoms with Crippen LogP contribution >= 0.6 is 7.14 Å². The van der Waals surface area contributed by atoms with Gasteiger partial charge in [0.15, 0.2) is 7.14 Å². The molecule has 0 aromatic heterocycles. The van der Waals surface area contributed by atoms with Gasteiger partial charge >= 0.3 is 0 Å². The molecule has 0 aliphatic heterocycles. The fourth-order valence-corrected chi connectivity index (χ4v) is 5.22. The molecule has 1 N–H and O–H groups in total. The first-order valence-electron chi connectivity index (χ1n) is 7.54. The zero-order valence-electron chi connectivity index (χ0n) is 13.2. The van der Waals surface area contributed by atoms with Crippen LogP contribution in [0.4, 0.5) is 0 Å². The Morgan fingerprint density at radius 2 is 0.913 bits per heavy atom. The number of aryl methyl sites for hydroxylation is 2. The van der Waals surface area contributed by atoms with Crippen LogP contribution in [0.2, 0.25) is 0 Å². The van der Waals surface area contributed by atoms with E-state index < -0.39 is 7.14 Å². The molecule has 3 aromatic carbocycles. The summed E-state index contributed by atoms with van der Waals surface area (Å²) in [5.74, 6) is 0.174. The highest BCUT2D eigenvalue weighted by Gasteiger charge is 2.29. The minimum Gasteiger partial charge on any atom is -0.508 e. The molecule has 2 nitrogen and oxygen atoms in total. The third-order valence-corrected chi connectivity index (χ3v) is 7.08. The second kappa shape index (κ2) is 6.06. The summed E-state index contributed by atoms with van der Waals surface area (Å²) in [5.41, 5.74) is 2.27. The molecule has 0 aliphatic rings. The van der Waals surface area contributed by atoms with Crippen molar-refractivity contribution in [2.75, 3.05) is 0 Å². The molecule has 3 rings (SSSR count). The van der Waals surface area contributed by atoms with E-state index in [1.54, 1.807) is 24.3 Å². The van der Waals surface area contributed by atoms with Gasteiger partial charge in [0.2, 0.25) is 0 Å². The molecule has 23 heavy (non-hydrogen) atoms. The second-order valence-corrected chi connectivity index (χ2v) is 8.56. The lowest BCUT2D eigenvalue weighted by molar-refractivity contribution is 0.475. The molecule has 0 bridgehead atoms. The maximum atomic E-state index is 14.1. The van der Waals surface area contributed by atoms with Gasteiger partial charge in [-0.2, -0.15) is 0 Å². The van der Waals surface area contributed by atoms with Crippen LogP contribution in [0.15, 0.2) is 72.8 Å². The number of phenols is 1. The Kier molecular flexibility index (Phi) is 4.11. The molecule has 116 valence electrons. The van der Waals surface area contributed by atoms with E-state index in [0.717, 1.165) is 27.0 Å². The van der Waals surface area contributed by atoms with Crippen LogP contribution in [0.5, 0.6) is 5.75 Å². The van der Waals surface area contributed by atoms with E-state index in [2.05, 4.69) is 0 Å². The lowest BCUT2D eigenvalue weighted by atomic mass is 10.2. The molecule has 0 aliphatic carbocycles. The molecule has 0 saturated carbocycles. The Morgan fingerprint density at radius 3 is 1.26 bits per heavy atom. The van der Waals surface area contributed by atoms with Gasteiger partial charge in [0.1, 0.15) is 5.75 Å². The first kappa shape index (κ1) is 15.6. The Labute approximate surface area is 136 Å². The van der Waals surface area contributed by atoms with Crippen molar-refractivity contribution in [3.8, 4) is 5.75 Å². The largest absolute Gasteiger partial charge is 0.508 e. The van der Waals surface area contributed by atoms with Gasteiger partial charge < -0.3 is 9.67 Å². The van der Waals surface area contributed by atoms with Gasteiger partial charge in [-0.1, -0.05) is 59.7 Å². The zero-order chi connectivity index (χ0) is 16.4. The van der Waals surface area contributed by atoms with Crippen molar-refractivity contribution in [2.45, 2.75) is 13.8 Å². The fraction of sp³-hybridized carbons (Fsp3) is 0.100. The smallest absolute Gasteiger partial charge is 0.171 e. The highest BCUT2D eigenvalue weighted by atomic mass is 31.2. The summed E-state index contributed by atoms with van der Waals surface area (Å²) in [6.07, 6.45) is 0. The molecule has 0 atom stereocenters. The van der Waals surface area contributed by atoms with Crippen LogP contribution in [-0.2, 0) is 4.57 Å². The molecular weight excluding hydrogens is 303 g/mol. The van der Waals surface area contributed by atoms with Crippen LogP contribution in [0, 0.1) is 13.8 Å². The predicted octanol–water partition coefficient (Wildman–Crippen LogP) is 3.65.